The summed E-state index contributed by atoms with van der Waals surface area (Å²) in [5.74, 6) is 0. The summed E-state index contributed by atoms with van der Waals surface area (Å²) in [6, 6.07) is 31.4. The van der Waals surface area contributed by atoms with E-state index in [0.29, 0.717) is 0 Å². The highest BCUT2D eigenvalue weighted by atomic mass is 15.0. The molecular weight excluding hydrogens is 362 g/mol. The smallest absolute Gasteiger partial charge is 0.0580 e. The minimum Gasteiger partial charge on any atom is -0.340 e. The Balaban J connectivity index is 1.86. The van der Waals surface area contributed by atoms with E-state index >= 15 is 0 Å². The highest BCUT2D eigenvalue weighted by Gasteiger charge is 2.27. The van der Waals surface area contributed by atoms with Crippen LogP contribution in [0.15, 0.2) is 84.9 Å². The van der Waals surface area contributed by atoms with Crippen molar-refractivity contribution in [1.29, 1.82) is 0 Å². The molecule has 0 atom stereocenters. The largest absolute Gasteiger partial charge is 0.340 e. The van der Waals surface area contributed by atoms with Gasteiger partial charge in [-0.05, 0) is 57.6 Å². The molecule has 0 spiro atoms. The zero-order valence-corrected chi connectivity index (χ0v) is 16.9. The predicted octanol–water partition coefficient (Wildman–Crippen LogP) is 7.69. The van der Waals surface area contributed by atoms with Gasteiger partial charge < -0.3 is 4.57 Å². The molecule has 0 saturated heterocycles. The Morgan fingerprint density at radius 2 is 1.43 bits per heavy atom. The van der Waals surface area contributed by atoms with Gasteiger partial charge in [-0.2, -0.15) is 0 Å². The monoisotopic (exact) mass is 383 g/mol. The number of rotatable bonds is 1. The molecule has 0 radical (unpaired) electrons. The lowest BCUT2D eigenvalue weighted by molar-refractivity contribution is 0.828. The number of aryl methyl sites for hydroxylation is 1. The predicted molar refractivity (Wildman–Crippen MR) is 128 cm³/mol. The fourth-order valence-electron chi connectivity index (χ4n) is 5.80. The first kappa shape index (κ1) is 16.2. The van der Waals surface area contributed by atoms with Gasteiger partial charge in [-0.25, -0.2) is 0 Å². The topological polar surface area (TPSA) is 4.93 Å². The third-order valence-corrected chi connectivity index (χ3v) is 6.98. The molecule has 1 aliphatic rings. The molecule has 0 amide bonds. The minimum absolute atomic E-state index is 0.964. The van der Waals surface area contributed by atoms with Crippen molar-refractivity contribution in [2.24, 2.45) is 0 Å². The molecule has 1 nitrogen and oxygen atoms in total. The molecule has 1 heteroatoms. The summed E-state index contributed by atoms with van der Waals surface area (Å²) in [6.07, 6.45) is 1.02. The molecule has 6 aromatic rings. The first-order chi connectivity index (χ1) is 14.9. The minimum atomic E-state index is 0.964. The molecule has 0 aliphatic heterocycles. The van der Waals surface area contributed by atoms with E-state index in [1.807, 2.05) is 0 Å². The van der Waals surface area contributed by atoms with Crippen molar-refractivity contribution >= 4 is 43.4 Å². The van der Waals surface area contributed by atoms with E-state index in [1.54, 1.807) is 0 Å². The Bertz CT molecular complexity index is 1650. The van der Waals surface area contributed by atoms with E-state index in [1.165, 1.54) is 65.6 Å². The summed E-state index contributed by atoms with van der Waals surface area (Å²) in [7, 11) is 0. The van der Waals surface area contributed by atoms with Crippen LogP contribution in [0.1, 0.15) is 18.1 Å². The van der Waals surface area contributed by atoms with Gasteiger partial charge in [-0.1, -0.05) is 78.9 Å². The maximum Gasteiger partial charge on any atom is 0.0580 e. The van der Waals surface area contributed by atoms with Gasteiger partial charge in [0.15, 0.2) is 0 Å². The van der Waals surface area contributed by atoms with Crippen LogP contribution >= 0.6 is 0 Å². The number of aromatic nitrogens is 1. The number of hydrogen-bond donors (Lipinski definition) is 0. The van der Waals surface area contributed by atoms with E-state index in [-0.39, 0.29) is 0 Å². The van der Waals surface area contributed by atoms with Crippen LogP contribution in [0.2, 0.25) is 0 Å². The molecule has 7 rings (SSSR count). The van der Waals surface area contributed by atoms with Gasteiger partial charge >= 0.3 is 0 Å². The standard InChI is InChI=1S/C29H21N/c1-2-30-25-16-15-18-9-3-5-11-20(18)27(25)28-23-14-8-7-13-22(23)24-17-19-10-4-6-12-21(19)26(24)29(28)30/h3-16H,2,17H2,1H3. The van der Waals surface area contributed by atoms with Crippen molar-refractivity contribution in [3.8, 4) is 11.1 Å². The fourth-order valence-corrected chi connectivity index (χ4v) is 5.80. The lowest BCUT2D eigenvalue weighted by Crippen LogP contribution is -1.96. The van der Waals surface area contributed by atoms with Crippen LogP contribution in [0, 0.1) is 0 Å². The molecule has 0 N–H and O–H groups in total. The highest BCUT2D eigenvalue weighted by molar-refractivity contribution is 6.31. The number of fused-ring (bicyclic) bond motifs is 12. The van der Waals surface area contributed by atoms with Crippen molar-refractivity contribution < 1.29 is 0 Å². The zero-order valence-electron chi connectivity index (χ0n) is 16.9. The fraction of sp³-hybridized carbons (Fsp3) is 0.103. The summed E-state index contributed by atoms with van der Waals surface area (Å²) in [4.78, 5) is 0. The van der Waals surface area contributed by atoms with Gasteiger partial charge in [0.05, 0.1) is 5.52 Å². The Kier molecular flexibility index (Phi) is 3.10. The summed E-state index contributed by atoms with van der Waals surface area (Å²) in [5, 5.41) is 8.25. The molecule has 30 heavy (non-hydrogen) atoms. The first-order valence-corrected chi connectivity index (χ1v) is 10.8. The molecule has 1 aliphatic carbocycles. The average molecular weight is 383 g/mol. The third kappa shape index (κ3) is 1.88. The average Bonchev–Trinajstić information content (AvgIpc) is 3.35. The molecule has 5 aromatic carbocycles. The van der Waals surface area contributed by atoms with Gasteiger partial charge in [0.25, 0.3) is 0 Å². The highest BCUT2D eigenvalue weighted by Crippen LogP contribution is 2.49. The SMILES string of the molecule is CCn1c2ccc3ccccc3c2c2c3ccccc3c3c(c21)-c1ccccc1C3. The number of benzene rings is 5. The van der Waals surface area contributed by atoms with Gasteiger partial charge in [0.2, 0.25) is 0 Å². The van der Waals surface area contributed by atoms with E-state index in [2.05, 4.69) is 96.4 Å². The summed E-state index contributed by atoms with van der Waals surface area (Å²) < 4.78 is 2.55. The van der Waals surface area contributed by atoms with Gasteiger partial charge in [-0.15, -0.1) is 0 Å². The lowest BCUT2D eigenvalue weighted by Gasteiger charge is -2.12. The van der Waals surface area contributed by atoms with Gasteiger partial charge in [0, 0.05) is 28.4 Å². The Morgan fingerprint density at radius 3 is 2.30 bits per heavy atom. The molecule has 0 fully saturated rings. The van der Waals surface area contributed by atoms with Crippen LogP contribution in [0.25, 0.3) is 54.5 Å². The van der Waals surface area contributed by atoms with Crippen LogP contribution in [0.3, 0.4) is 0 Å². The maximum absolute atomic E-state index is 2.55. The molecule has 0 bridgehead atoms. The molecule has 0 unspecified atom stereocenters. The zero-order chi connectivity index (χ0) is 19.8. The molecule has 1 heterocycles. The normalized spacial score (nSPS) is 12.8. The molecule has 0 saturated carbocycles. The van der Waals surface area contributed by atoms with Gasteiger partial charge in [0.1, 0.15) is 0 Å². The third-order valence-electron chi connectivity index (χ3n) is 6.98. The van der Waals surface area contributed by atoms with Crippen molar-refractivity contribution in [2.75, 3.05) is 0 Å². The Labute approximate surface area is 175 Å². The van der Waals surface area contributed by atoms with Crippen molar-refractivity contribution in [3.05, 3.63) is 96.1 Å². The van der Waals surface area contributed by atoms with Crippen molar-refractivity contribution in [1.82, 2.24) is 4.57 Å². The van der Waals surface area contributed by atoms with Crippen LogP contribution in [-0.2, 0) is 13.0 Å². The van der Waals surface area contributed by atoms with E-state index < -0.39 is 0 Å². The van der Waals surface area contributed by atoms with Crippen LogP contribution in [0.5, 0.6) is 0 Å². The molecular formula is C29H21N. The maximum atomic E-state index is 2.55. The van der Waals surface area contributed by atoms with Crippen molar-refractivity contribution in [3.63, 3.8) is 0 Å². The van der Waals surface area contributed by atoms with Crippen LogP contribution in [-0.4, -0.2) is 4.57 Å². The molecule has 1 aromatic heterocycles. The van der Waals surface area contributed by atoms with Crippen LogP contribution in [0.4, 0.5) is 0 Å². The second-order valence-corrected chi connectivity index (χ2v) is 8.38. The number of nitrogens with zero attached hydrogens (tertiary/aromatic N) is 1. The first-order valence-electron chi connectivity index (χ1n) is 10.8. The Morgan fingerprint density at radius 1 is 0.700 bits per heavy atom. The summed E-state index contributed by atoms with van der Waals surface area (Å²) in [5.41, 5.74) is 8.53. The quantitative estimate of drug-likeness (QED) is 0.274. The van der Waals surface area contributed by atoms with E-state index in [4.69, 9.17) is 0 Å². The summed E-state index contributed by atoms with van der Waals surface area (Å²) >= 11 is 0. The molecule has 142 valence electrons. The number of hydrogen-bond acceptors (Lipinski definition) is 0. The van der Waals surface area contributed by atoms with Crippen LogP contribution < -0.4 is 0 Å². The second kappa shape index (κ2) is 5.73. The van der Waals surface area contributed by atoms with Crippen molar-refractivity contribution in [2.45, 2.75) is 19.9 Å². The summed E-state index contributed by atoms with van der Waals surface area (Å²) in [6.45, 7) is 3.24. The second-order valence-electron chi connectivity index (χ2n) is 8.38. The Hall–Kier alpha value is -3.58. The van der Waals surface area contributed by atoms with Gasteiger partial charge in [-0.3, -0.25) is 0 Å². The lowest BCUT2D eigenvalue weighted by atomic mass is 9.93. The van der Waals surface area contributed by atoms with E-state index in [0.717, 1.165) is 13.0 Å². The van der Waals surface area contributed by atoms with E-state index in [9.17, 15) is 0 Å².